The number of benzene rings is 2. The Labute approximate surface area is 189 Å². The van der Waals surface area contributed by atoms with Crippen LogP contribution in [0.4, 0.5) is 4.39 Å². The Morgan fingerprint density at radius 1 is 1.09 bits per heavy atom. The third-order valence-corrected chi connectivity index (χ3v) is 5.31. The SMILES string of the molecule is COc1ccccc1CNC(=O)CCc1nc2ncccc2c(=O)n1Cc1ccc(F)cc1. The van der Waals surface area contributed by atoms with Crippen molar-refractivity contribution in [2.45, 2.75) is 25.9 Å². The number of carbonyl (C=O) groups excluding carboxylic acids is 1. The van der Waals surface area contributed by atoms with Crippen molar-refractivity contribution < 1.29 is 13.9 Å². The Balaban J connectivity index is 1.54. The van der Waals surface area contributed by atoms with Crippen LogP contribution < -0.4 is 15.6 Å². The molecule has 0 saturated carbocycles. The number of para-hydroxylation sites is 1. The molecule has 0 atom stereocenters. The van der Waals surface area contributed by atoms with Crippen molar-refractivity contribution in [1.29, 1.82) is 0 Å². The second kappa shape index (κ2) is 10.0. The molecular weight excluding hydrogens is 423 g/mol. The highest BCUT2D eigenvalue weighted by atomic mass is 19.1. The quantitative estimate of drug-likeness (QED) is 0.449. The van der Waals surface area contributed by atoms with Gasteiger partial charge in [0.05, 0.1) is 19.0 Å². The molecule has 1 amide bonds. The van der Waals surface area contributed by atoms with Crippen LogP contribution in [0.3, 0.4) is 0 Å². The Kier molecular flexibility index (Phi) is 6.73. The maximum atomic E-state index is 13.3. The smallest absolute Gasteiger partial charge is 0.263 e. The number of fused-ring (bicyclic) bond motifs is 1. The van der Waals surface area contributed by atoms with E-state index in [1.54, 1.807) is 37.6 Å². The molecule has 168 valence electrons. The van der Waals surface area contributed by atoms with E-state index in [-0.39, 0.29) is 36.7 Å². The predicted octanol–water partition coefficient (Wildman–Crippen LogP) is 3.24. The molecule has 4 aromatic rings. The Morgan fingerprint density at radius 3 is 2.67 bits per heavy atom. The normalized spacial score (nSPS) is 10.8. The number of methoxy groups -OCH3 is 1. The monoisotopic (exact) mass is 446 g/mol. The first kappa shape index (κ1) is 22.1. The van der Waals surface area contributed by atoms with E-state index < -0.39 is 0 Å². The van der Waals surface area contributed by atoms with Crippen LogP contribution in [0, 0.1) is 5.82 Å². The average Bonchev–Trinajstić information content (AvgIpc) is 2.84. The fourth-order valence-electron chi connectivity index (χ4n) is 3.58. The fourth-order valence-corrected chi connectivity index (χ4v) is 3.58. The summed E-state index contributed by atoms with van der Waals surface area (Å²) in [5.74, 6) is 0.625. The average molecular weight is 446 g/mol. The number of nitrogens with one attached hydrogen (secondary N) is 1. The lowest BCUT2D eigenvalue weighted by Gasteiger charge is -2.14. The minimum absolute atomic E-state index is 0.142. The topological polar surface area (TPSA) is 86.1 Å². The summed E-state index contributed by atoms with van der Waals surface area (Å²) < 4.78 is 20.1. The number of aromatic nitrogens is 3. The Bertz CT molecular complexity index is 1340. The van der Waals surface area contributed by atoms with Crippen LogP contribution in [0.1, 0.15) is 23.4 Å². The summed E-state index contributed by atoms with van der Waals surface area (Å²) in [5.41, 5.74) is 1.71. The minimum atomic E-state index is -0.348. The summed E-state index contributed by atoms with van der Waals surface area (Å²) in [4.78, 5) is 34.4. The molecule has 2 aromatic heterocycles. The predicted molar refractivity (Wildman–Crippen MR) is 122 cm³/mol. The van der Waals surface area contributed by atoms with Crippen molar-refractivity contribution in [3.8, 4) is 5.75 Å². The van der Waals surface area contributed by atoms with E-state index in [0.717, 1.165) is 11.1 Å². The van der Waals surface area contributed by atoms with Crippen molar-refractivity contribution in [3.05, 3.63) is 100.0 Å². The second-order valence-corrected chi connectivity index (χ2v) is 7.51. The molecular formula is C25H23FN4O3. The van der Waals surface area contributed by atoms with Crippen molar-refractivity contribution in [3.63, 3.8) is 0 Å². The molecule has 0 aliphatic heterocycles. The van der Waals surface area contributed by atoms with Crippen LogP contribution in [0.2, 0.25) is 0 Å². The van der Waals surface area contributed by atoms with Gasteiger partial charge in [-0.05, 0) is 35.9 Å². The molecule has 2 aromatic carbocycles. The third kappa shape index (κ3) is 5.23. The largest absolute Gasteiger partial charge is 0.496 e. The van der Waals surface area contributed by atoms with E-state index in [2.05, 4.69) is 15.3 Å². The first-order valence-electron chi connectivity index (χ1n) is 10.5. The van der Waals surface area contributed by atoms with E-state index >= 15 is 0 Å². The Hall–Kier alpha value is -4.07. The zero-order valence-corrected chi connectivity index (χ0v) is 18.1. The van der Waals surface area contributed by atoms with Gasteiger partial charge in [-0.2, -0.15) is 0 Å². The summed E-state index contributed by atoms with van der Waals surface area (Å²) in [6.07, 6.45) is 1.97. The van der Waals surface area contributed by atoms with E-state index in [9.17, 15) is 14.0 Å². The molecule has 2 heterocycles. The van der Waals surface area contributed by atoms with E-state index in [0.29, 0.717) is 29.2 Å². The molecule has 0 fully saturated rings. The van der Waals surface area contributed by atoms with E-state index in [1.807, 2.05) is 24.3 Å². The van der Waals surface area contributed by atoms with Gasteiger partial charge in [0, 0.05) is 31.1 Å². The maximum Gasteiger partial charge on any atom is 0.263 e. The minimum Gasteiger partial charge on any atom is -0.496 e. The number of carbonyl (C=O) groups is 1. The molecule has 0 unspecified atom stereocenters. The third-order valence-electron chi connectivity index (χ3n) is 5.31. The molecule has 0 radical (unpaired) electrons. The van der Waals surface area contributed by atoms with Crippen molar-refractivity contribution in [1.82, 2.24) is 19.9 Å². The van der Waals surface area contributed by atoms with Crippen molar-refractivity contribution in [2.75, 3.05) is 7.11 Å². The first-order valence-corrected chi connectivity index (χ1v) is 10.5. The summed E-state index contributed by atoms with van der Waals surface area (Å²) in [7, 11) is 1.58. The molecule has 0 saturated heterocycles. The van der Waals surface area contributed by atoms with Crippen LogP contribution in [-0.2, 0) is 24.3 Å². The van der Waals surface area contributed by atoms with Gasteiger partial charge in [0.1, 0.15) is 17.4 Å². The van der Waals surface area contributed by atoms with Crippen LogP contribution >= 0.6 is 0 Å². The number of hydrogen-bond donors (Lipinski definition) is 1. The molecule has 7 nitrogen and oxygen atoms in total. The summed E-state index contributed by atoms with van der Waals surface area (Å²) >= 11 is 0. The van der Waals surface area contributed by atoms with Gasteiger partial charge in [0.15, 0.2) is 5.65 Å². The highest BCUT2D eigenvalue weighted by molar-refractivity contribution is 5.76. The molecule has 0 spiro atoms. The number of rotatable bonds is 8. The van der Waals surface area contributed by atoms with Gasteiger partial charge in [0.25, 0.3) is 5.56 Å². The van der Waals surface area contributed by atoms with Gasteiger partial charge in [-0.15, -0.1) is 0 Å². The number of amides is 1. The molecule has 8 heteroatoms. The van der Waals surface area contributed by atoms with Crippen LogP contribution in [0.15, 0.2) is 71.7 Å². The highest BCUT2D eigenvalue weighted by Crippen LogP contribution is 2.17. The lowest BCUT2D eigenvalue weighted by molar-refractivity contribution is -0.121. The van der Waals surface area contributed by atoms with E-state index in [4.69, 9.17) is 4.74 Å². The van der Waals surface area contributed by atoms with Crippen LogP contribution in [0.5, 0.6) is 5.75 Å². The van der Waals surface area contributed by atoms with Crippen molar-refractivity contribution >= 4 is 16.9 Å². The fraction of sp³-hybridized carbons (Fsp3) is 0.200. The molecule has 0 aliphatic carbocycles. The van der Waals surface area contributed by atoms with E-state index in [1.165, 1.54) is 16.7 Å². The van der Waals surface area contributed by atoms with Gasteiger partial charge in [-0.3, -0.25) is 14.2 Å². The van der Waals surface area contributed by atoms with Gasteiger partial charge in [0.2, 0.25) is 5.91 Å². The maximum absolute atomic E-state index is 13.3. The zero-order valence-electron chi connectivity index (χ0n) is 18.1. The van der Waals surface area contributed by atoms with Crippen LogP contribution in [-0.4, -0.2) is 27.6 Å². The first-order chi connectivity index (χ1) is 16.0. The second-order valence-electron chi connectivity index (χ2n) is 7.51. The number of hydrogen-bond acceptors (Lipinski definition) is 5. The van der Waals surface area contributed by atoms with Crippen molar-refractivity contribution in [2.24, 2.45) is 0 Å². The number of ether oxygens (including phenoxy) is 1. The van der Waals surface area contributed by atoms with Crippen LogP contribution in [0.25, 0.3) is 11.0 Å². The van der Waals surface area contributed by atoms with Gasteiger partial charge < -0.3 is 10.1 Å². The highest BCUT2D eigenvalue weighted by Gasteiger charge is 2.14. The molecule has 33 heavy (non-hydrogen) atoms. The standard InChI is InChI=1S/C25H23FN4O3/c1-33-21-7-3-2-5-18(21)15-28-23(31)13-12-22-29-24-20(6-4-14-27-24)25(32)30(22)16-17-8-10-19(26)11-9-17/h2-11,14H,12-13,15-16H2,1H3,(H,28,31). The lowest BCUT2D eigenvalue weighted by Crippen LogP contribution is -2.28. The zero-order chi connectivity index (χ0) is 23.2. The molecule has 1 N–H and O–H groups in total. The number of aryl methyl sites for hydroxylation is 1. The van der Waals surface area contributed by atoms with Gasteiger partial charge >= 0.3 is 0 Å². The number of nitrogens with zero attached hydrogens (tertiary/aromatic N) is 3. The summed E-state index contributed by atoms with van der Waals surface area (Å²) in [5, 5.41) is 3.27. The van der Waals surface area contributed by atoms with Gasteiger partial charge in [-0.25, -0.2) is 14.4 Å². The summed E-state index contributed by atoms with van der Waals surface area (Å²) in [6.45, 7) is 0.549. The molecule has 0 bridgehead atoms. The summed E-state index contributed by atoms with van der Waals surface area (Å²) in [6, 6.07) is 16.8. The van der Waals surface area contributed by atoms with Gasteiger partial charge in [-0.1, -0.05) is 30.3 Å². The number of halogens is 1. The number of pyridine rings is 1. The molecule has 0 aliphatic rings. The molecule has 4 rings (SSSR count). The Morgan fingerprint density at radius 2 is 1.88 bits per heavy atom. The lowest BCUT2D eigenvalue weighted by atomic mass is 10.2.